The van der Waals surface area contributed by atoms with Crippen LogP contribution in [0.1, 0.15) is 52.9 Å². The molecule has 0 bridgehead atoms. The zero-order valence-corrected chi connectivity index (χ0v) is 15.7. The zero-order chi connectivity index (χ0) is 12.4. The molecule has 1 unspecified atom stereocenters. The molecule has 2 nitrogen and oxygen atoms in total. The first kappa shape index (κ1) is 17.0. The Labute approximate surface area is 112 Å². The summed E-state index contributed by atoms with van der Waals surface area (Å²) in [7, 11) is 0. The molecule has 0 amide bonds. The Morgan fingerprint density at radius 2 is 1.50 bits per heavy atom. The molecule has 1 radical (unpaired) electrons. The van der Waals surface area contributed by atoms with Crippen molar-refractivity contribution in [2.24, 2.45) is 0 Å². The second kappa shape index (κ2) is 11.1. The van der Waals surface area contributed by atoms with E-state index in [2.05, 4.69) is 20.8 Å². The Hall–Kier alpha value is 1.03. The van der Waals surface area contributed by atoms with Gasteiger partial charge in [0, 0.05) is 0 Å². The summed E-state index contributed by atoms with van der Waals surface area (Å²) in [6.07, 6.45) is 5.41. The predicted molar refractivity (Wildman–Crippen MR) is 74.8 cm³/mol. The van der Waals surface area contributed by atoms with Crippen LogP contribution in [0, 0.1) is 0 Å². The molecule has 1 saturated carbocycles. The van der Waals surface area contributed by atoms with Gasteiger partial charge in [-0.2, -0.15) is 0 Å². The zero-order valence-electron chi connectivity index (χ0n) is 11.0. The molecule has 1 aliphatic carbocycles. The van der Waals surface area contributed by atoms with E-state index in [1.165, 1.54) is 6.42 Å². The third-order valence-electron chi connectivity index (χ3n) is 3.34. The van der Waals surface area contributed by atoms with Crippen LogP contribution in [0.5, 0.6) is 0 Å². The maximum atomic E-state index is 10.5. The minimum absolute atomic E-state index is 0.0822. The Bertz CT molecular complexity index is 172. The van der Waals surface area contributed by atoms with Crippen molar-refractivity contribution in [3.63, 3.8) is 0 Å². The molecule has 0 aromatic carbocycles. The summed E-state index contributed by atoms with van der Waals surface area (Å²) >= 11 is -2.34. The molecule has 1 aliphatic rings. The van der Waals surface area contributed by atoms with Gasteiger partial charge in [0.25, 0.3) is 0 Å². The van der Waals surface area contributed by atoms with Gasteiger partial charge >= 0.3 is 55.4 Å². The van der Waals surface area contributed by atoms with Crippen molar-refractivity contribution in [1.82, 2.24) is 0 Å². The van der Waals surface area contributed by atoms with Crippen molar-refractivity contribution in [2.75, 3.05) is 0 Å². The first-order chi connectivity index (χ1) is 7.65. The summed E-state index contributed by atoms with van der Waals surface area (Å²) in [4.78, 5) is 0. The Morgan fingerprint density at radius 1 is 1.06 bits per heavy atom. The van der Waals surface area contributed by atoms with E-state index in [4.69, 9.17) is 4.55 Å². The monoisotopic (exact) mass is 443 g/mol. The average Bonchev–Trinajstić information content (AvgIpc) is 2.33. The van der Waals surface area contributed by atoms with Crippen LogP contribution in [0.15, 0.2) is 0 Å². The molecule has 0 aromatic rings. The number of hydrogen-bond donors (Lipinski definition) is 1. The van der Waals surface area contributed by atoms with E-state index >= 15 is 0 Å². The van der Waals surface area contributed by atoms with Gasteiger partial charge < -0.3 is 4.55 Å². The minimum atomic E-state index is -1.55. The molecular formula is C12H27O2PbS. The molecule has 0 heterocycles. The first-order valence-electron chi connectivity index (χ1n) is 6.58. The van der Waals surface area contributed by atoms with Gasteiger partial charge in [-0.1, -0.05) is 19.3 Å². The van der Waals surface area contributed by atoms with Gasteiger partial charge in [0.2, 0.25) is 0 Å². The summed E-state index contributed by atoms with van der Waals surface area (Å²) < 4.78 is 23.8. The second-order valence-corrected chi connectivity index (χ2v) is 19.6. The summed E-state index contributed by atoms with van der Waals surface area (Å²) in [6.45, 7) is 7.07. The fraction of sp³-hybridized carbons (Fsp3) is 1.00. The fourth-order valence-corrected chi connectivity index (χ4v) is 8.58. The van der Waals surface area contributed by atoms with Crippen molar-refractivity contribution in [2.45, 2.75) is 70.1 Å². The molecule has 1 fully saturated rings. The van der Waals surface area contributed by atoms with Gasteiger partial charge in [-0.3, -0.25) is 0 Å². The Kier molecular flexibility index (Phi) is 11.9. The van der Waals surface area contributed by atoms with Crippen LogP contribution >= 0.6 is 0 Å². The van der Waals surface area contributed by atoms with Crippen molar-refractivity contribution in [1.29, 1.82) is 0 Å². The maximum Gasteiger partial charge on any atom is 0.155 e. The van der Waals surface area contributed by atoms with Crippen LogP contribution in [-0.2, 0) is 11.1 Å². The van der Waals surface area contributed by atoms with Crippen LogP contribution in [0.4, 0.5) is 0 Å². The topological polar surface area (TPSA) is 37.3 Å². The molecule has 97 valence electrons. The van der Waals surface area contributed by atoms with Gasteiger partial charge in [0.15, 0.2) is 11.1 Å². The van der Waals surface area contributed by atoms with Crippen LogP contribution in [-0.4, -0.2) is 36.7 Å². The van der Waals surface area contributed by atoms with Crippen LogP contribution in [0.3, 0.4) is 0 Å². The summed E-state index contributed by atoms with van der Waals surface area (Å²) in [5, 5.41) is 0.0822. The van der Waals surface area contributed by atoms with E-state index in [1.807, 2.05) is 0 Å². The van der Waals surface area contributed by atoms with Crippen molar-refractivity contribution in [3.8, 4) is 0 Å². The molecule has 4 heteroatoms. The Morgan fingerprint density at radius 3 is 1.69 bits per heavy atom. The molecule has 0 saturated heterocycles. The van der Waals surface area contributed by atoms with E-state index in [0.717, 1.165) is 25.7 Å². The van der Waals surface area contributed by atoms with Crippen LogP contribution in [0.2, 0.25) is 11.9 Å². The molecule has 1 atom stereocenters. The standard InChI is InChI=1S/C6H12O2S.3C2H5.Pb/c7-9(8)6-4-2-1-3-5-6;3*1-2;/h6H,1-5H2,(H,7,8);3*1H2,2H3;. The molecule has 16 heavy (non-hydrogen) atoms. The van der Waals surface area contributed by atoms with E-state index in [1.54, 1.807) is 11.9 Å². The quantitative estimate of drug-likeness (QED) is 0.526. The summed E-state index contributed by atoms with van der Waals surface area (Å²) in [6, 6.07) is 0. The molecule has 0 aromatic heterocycles. The summed E-state index contributed by atoms with van der Waals surface area (Å²) in [5.74, 6) is 0. The van der Waals surface area contributed by atoms with E-state index in [9.17, 15) is 4.21 Å². The normalized spacial score (nSPS) is 19.1. The third kappa shape index (κ3) is 8.17. The Balaban J connectivity index is 0.000000293. The molecule has 0 spiro atoms. The SMILES string of the molecule is C[CH2][Pb]([CH2]C)[CH2]C.O=S(O)C1CCCCC1. The second-order valence-electron chi connectivity index (χ2n) is 4.35. The predicted octanol–water partition coefficient (Wildman–Crippen LogP) is 4.08. The molecule has 1 N–H and O–H groups in total. The van der Waals surface area contributed by atoms with E-state index < -0.39 is 33.8 Å². The fourth-order valence-electron chi connectivity index (χ4n) is 2.02. The first-order valence-corrected chi connectivity index (χ1v) is 16.0. The van der Waals surface area contributed by atoms with E-state index in [-0.39, 0.29) is 5.25 Å². The van der Waals surface area contributed by atoms with Crippen molar-refractivity contribution in [3.05, 3.63) is 0 Å². The smallest absolute Gasteiger partial charge is 0.155 e. The minimum Gasteiger partial charge on any atom is -0.306 e. The molecular weight excluding hydrogens is 415 g/mol. The van der Waals surface area contributed by atoms with Crippen LogP contribution in [0.25, 0.3) is 0 Å². The average molecular weight is 443 g/mol. The van der Waals surface area contributed by atoms with Gasteiger partial charge in [-0.15, -0.1) is 0 Å². The third-order valence-corrected chi connectivity index (χ3v) is 16.0. The van der Waals surface area contributed by atoms with Crippen molar-refractivity contribution >= 4 is 33.8 Å². The maximum absolute atomic E-state index is 10.5. The van der Waals surface area contributed by atoms with Gasteiger partial charge in [0.05, 0.1) is 5.25 Å². The van der Waals surface area contributed by atoms with Gasteiger partial charge in [-0.05, 0) is 12.8 Å². The number of hydrogen-bond acceptors (Lipinski definition) is 1. The molecule has 1 rings (SSSR count). The van der Waals surface area contributed by atoms with Crippen LogP contribution < -0.4 is 0 Å². The summed E-state index contributed by atoms with van der Waals surface area (Å²) in [5.41, 5.74) is 0. The largest absolute Gasteiger partial charge is 0.306 e. The molecule has 0 aliphatic heterocycles. The van der Waals surface area contributed by atoms with Gasteiger partial charge in [-0.25, -0.2) is 4.21 Å². The van der Waals surface area contributed by atoms with Gasteiger partial charge in [0.1, 0.15) is 0 Å². The van der Waals surface area contributed by atoms with Crippen molar-refractivity contribution < 1.29 is 8.76 Å². The van der Waals surface area contributed by atoms with E-state index in [0.29, 0.717) is 0 Å². The number of rotatable bonds is 4.